The normalized spacial score (nSPS) is 17.0. The fourth-order valence-electron chi connectivity index (χ4n) is 4.79. The van der Waals surface area contributed by atoms with Crippen LogP contribution in [0.25, 0.3) is 0 Å². The highest BCUT2D eigenvalue weighted by Crippen LogP contribution is 2.32. The molecule has 2 aromatic rings. The van der Waals surface area contributed by atoms with E-state index in [1.54, 1.807) is 23.0 Å². The molecule has 13 nitrogen and oxygen atoms in total. The molecule has 4 heterocycles. The molecule has 0 radical (unpaired) electrons. The van der Waals surface area contributed by atoms with Crippen molar-refractivity contribution in [1.29, 1.82) is 5.26 Å². The fourth-order valence-corrected chi connectivity index (χ4v) is 4.79. The van der Waals surface area contributed by atoms with Crippen LogP contribution in [0.2, 0.25) is 0 Å². The molecule has 2 N–H and O–H groups in total. The summed E-state index contributed by atoms with van der Waals surface area (Å²) >= 11 is 0. The number of hydrogen-bond donors (Lipinski definition) is 2. The van der Waals surface area contributed by atoms with E-state index in [1.165, 1.54) is 20.4 Å². The van der Waals surface area contributed by atoms with Crippen molar-refractivity contribution in [1.82, 2.24) is 14.9 Å². The van der Waals surface area contributed by atoms with Crippen LogP contribution >= 0.6 is 0 Å². The van der Waals surface area contributed by atoms with Gasteiger partial charge in [0.1, 0.15) is 30.0 Å². The zero-order valence-corrected chi connectivity index (χ0v) is 23.2. The first kappa shape index (κ1) is 29.2. The molecule has 214 valence electrons. The molecule has 1 unspecified atom stereocenters. The molecule has 0 aromatic carbocycles. The lowest BCUT2D eigenvalue weighted by atomic mass is 10.0. The number of nitrogens with one attached hydrogen (secondary N) is 2. The van der Waals surface area contributed by atoms with Crippen molar-refractivity contribution in [2.45, 2.75) is 38.6 Å². The highest BCUT2D eigenvalue weighted by molar-refractivity contribution is 6.01. The zero-order chi connectivity index (χ0) is 28.6. The summed E-state index contributed by atoms with van der Waals surface area (Å²) in [6.07, 6.45) is 2.07. The first-order chi connectivity index (χ1) is 19.4. The molecule has 13 heteroatoms. The van der Waals surface area contributed by atoms with Gasteiger partial charge in [-0.2, -0.15) is 5.26 Å². The van der Waals surface area contributed by atoms with E-state index < -0.39 is 12.3 Å². The predicted octanol–water partition coefficient (Wildman–Crippen LogP) is 2.43. The Morgan fingerprint density at radius 1 is 1.30 bits per heavy atom. The minimum atomic E-state index is -0.792. The van der Waals surface area contributed by atoms with E-state index in [4.69, 9.17) is 23.9 Å². The lowest BCUT2D eigenvalue weighted by molar-refractivity contribution is -0.148. The summed E-state index contributed by atoms with van der Waals surface area (Å²) in [7, 11) is 4.62. The molecule has 4 rings (SSSR count). The molecule has 1 fully saturated rings. The van der Waals surface area contributed by atoms with Crippen LogP contribution in [-0.2, 0) is 36.7 Å². The number of methoxy groups -OCH3 is 3. The van der Waals surface area contributed by atoms with Crippen LogP contribution < -0.4 is 15.5 Å². The number of carbonyl (C=O) groups excluding carboxylic acids is 2. The van der Waals surface area contributed by atoms with Gasteiger partial charge in [0.25, 0.3) is 0 Å². The van der Waals surface area contributed by atoms with Crippen molar-refractivity contribution in [3.8, 4) is 6.07 Å². The van der Waals surface area contributed by atoms with Crippen LogP contribution in [-0.4, -0.2) is 87.1 Å². The van der Waals surface area contributed by atoms with Gasteiger partial charge in [-0.15, -0.1) is 0 Å². The monoisotopic (exact) mass is 553 g/mol. The number of carbonyl (C=O) groups is 2. The summed E-state index contributed by atoms with van der Waals surface area (Å²) in [6.45, 7) is 4.15. The zero-order valence-electron chi connectivity index (χ0n) is 23.2. The molecule has 40 heavy (non-hydrogen) atoms. The first-order valence-electron chi connectivity index (χ1n) is 13.1. The molecule has 1 atom stereocenters. The molecule has 0 bridgehead atoms. The number of nitriles is 1. The lowest BCUT2D eigenvalue weighted by Gasteiger charge is -2.35. The number of aryl methyl sites for hydroxylation is 1. The average molecular weight is 554 g/mol. The summed E-state index contributed by atoms with van der Waals surface area (Å²) in [4.78, 5) is 38.5. The lowest BCUT2D eigenvalue weighted by Crippen LogP contribution is -2.47. The SMILES string of the molecule is COCCNc1cc(NC(=O)N2CCCc3cc(CN4C(=O)COCC4C)c(C(OC)OC)nc32)ncc1C#N. The maximum Gasteiger partial charge on any atom is 0.328 e. The summed E-state index contributed by atoms with van der Waals surface area (Å²) in [5.41, 5.74) is 3.07. The van der Waals surface area contributed by atoms with Crippen molar-refractivity contribution in [3.05, 3.63) is 40.7 Å². The van der Waals surface area contributed by atoms with E-state index in [2.05, 4.69) is 21.7 Å². The Morgan fingerprint density at radius 3 is 2.80 bits per heavy atom. The summed E-state index contributed by atoms with van der Waals surface area (Å²) < 4.78 is 21.5. The van der Waals surface area contributed by atoms with Gasteiger partial charge in [-0.05, 0) is 37.0 Å². The molecular weight excluding hydrogens is 518 g/mol. The van der Waals surface area contributed by atoms with E-state index in [1.807, 2.05) is 13.0 Å². The fraction of sp³-hybridized carbons (Fsp3) is 0.519. The first-order valence-corrected chi connectivity index (χ1v) is 13.1. The number of fused-ring (bicyclic) bond motifs is 1. The predicted molar refractivity (Wildman–Crippen MR) is 146 cm³/mol. The molecular formula is C27H35N7O6. The van der Waals surface area contributed by atoms with Gasteiger partial charge >= 0.3 is 6.03 Å². The van der Waals surface area contributed by atoms with E-state index in [0.29, 0.717) is 61.4 Å². The Labute approximate surface area is 233 Å². The number of rotatable bonds is 10. The summed E-state index contributed by atoms with van der Waals surface area (Å²) in [6, 6.07) is 5.19. The third-order valence-corrected chi connectivity index (χ3v) is 6.83. The van der Waals surface area contributed by atoms with Gasteiger partial charge < -0.3 is 29.2 Å². The largest absolute Gasteiger partial charge is 0.383 e. The maximum absolute atomic E-state index is 13.5. The number of ether oxygens (including phenoxy) is 4. The van der Waals surface area contributed by atoms with Gasteiger partial charge in [0, 0.05) is 53.2 Å². The van der Waals surface area contributed by atoms with Crippen LogP contribution in [0, 0.1) is 11.3 Å². The van der Waals surface area contributed by atoms with Crippen molar-refractivity contribution in [2.24, 2.45) is 0 Å². The Balaban J connectivity index is 1.62. The number of pyridine rings is 2. The number of hydrogen-bond acceptors (Lipinski definition) is 10. The van der Waals surface area contributed by atoms with E-state index in [0.717, 1.165) is 24.0 Å². The third kappa shape index (κ3) is 6.48. The second-order valence-corrected chi connectivity index (χ2v) is 9.54. The second-order valence-electron chi connectivity index (χ2n) is 9.54. The average Bonchev–Trinajstić information content (AvgIpc) is 2.95. The Morgan fingerprint density at radius 2 is 2.10 bits per heavy atom. The maximum atomic E-state index is 13.5. The van der Waals surface area contributed by atoms with Crippen molar-refractivity contribution < 1.29 is 28.5 Å². The highest BCUT2D eigenvalue weighted by Gasteiger charge is 2.31. The number of anilines is 3. The Kier molecular flexibility index (Phi) is 9.84. The minimum Gasteiger partial charge on any atom is -0.383 e. The molecule has 2 aliphatic heterocycles. The van der Waals surface area contributed by atoms with Crippen LogP contribution in [0.1, 0.15) is 42.0 Å². The Hall–Kier alpha value is -3.83. The van der Waals surface area contributed by atoms with E-state index in [9.17, 15) is 14.9 Å². The van der Waals surface area contributed by atoms with E-state index in [-0.39, 0.29) is 18.6 Å². The van der Waals surface area contributed by atoms with Crippen LogP contribution in [0.15, 0.2) is 18.3 Å². The Bertz CT molecular complexity index is 1260. The summed E-state index contributed by atoms with van der Waals surface area (Å²) in [5.74, 6) is 0.690. The quantitative estimate of drug-likeness (QED) is 0.332. The minimum absolute atomic E-state index is 0.0387. The third-order valence-electron chi connectivity index (χ3n) is 6.83. The van der Waals surface area contributed by atoms with Crippen LogP contribution in [0.4, 0.5) is 22.1 Å². The molecule has 2 aromatic heterocycles. The number of nitrogens with zero attached hydrogens (tertiary/aromatic N) is 5. The molecule has 1 saturated heterocycles. The topological polar surface area (TPSA) is 151 Å². The molecule has 0 aliphatic carbocycles. The highest BCUT2D eigenvalue weighted by atomic mass is 16.7. The smallest absolute Gasteiger partial charge is 0.328 e. The van der Waals surface area contributed by atoms with Crippen molar-refractivity contribution >= 4 is 29.3 Å². The van der Waals surface area contributed by atoms with Gasteiger partial charge in [-0.1, -0.05) is 0 Å². The van der Waals surface area contributed by atoms with Gasteiger partial charge in [-0.25, -0.2) is 14.8 Å². The molecule has 3 amide bonds. The van der Waals surface area contributed by atoms with Crippen LogP contribution in [0.5, 0.6) is 0 Å². The van der Waals surface area contributed by atoms with Crippen molar-refractivity contribution in [2.75, 3.05) is 69.8 Å². The van der Waals surface area contributed by atoms with E-state index >= 15 is 0 Å². The van der Waals surface area contributed by atoms with Gasteiger partial charge in [-0.3, -0.25) is 15.0 Å². The van der Waals surface area contributed by atoms with Crippen molar-refractivity contribution in [3.63, 3.8) is 0 Å². The number of aromatic nitrogens is 2. The van der Waals surface area contributed by atoms with Gasteiger partial charge in [0.15, 0.2) is 0 Å². The van der Waals surface area contributed by atoms with Gasteiger partial charge in [0.2, 0.25) is 12.2 Å². The number of urea groups is 1. The second kappa shape index (κ2) is 13.5. The van der Waals surface area contributed by atoms with Crippen LogP contribution in [0.3, 0.4) is 0 Å². The standard InChI is InChI=1S/C27H35N7O6/c1-17-15-40-16-23(35)34(17)14-19-10-18-6-5-8-33(25(18)32-24(19)26(38-3)39-4)27(36)31-22-11-21(29-7-9-37-2)20(12-28)13-30-22/h10-11,13,17,26H,5-9,14-16H2,1-4H3,(H2,29,30,31,36). The molecule has 0 saturated carbocycles. The number of morpholine rings is 1. The number of amides is 3. The summed E-state index contributed by atoms with van der Waals surface area (Å²) in [5, 5.41) is 15.4. The van der Waals surface area contributed by atoms with Gasteiger partial charge in [0.05, 0.1) is 30.5 Å². The molecule has 0 spiro atoms. The molecule has 2 aliphatic rings.